The minimum Gasteiger partial charge on any atom is -0.478 e. The van der Waals surface area contributed by atoms with Crippen LogP contribution in [0.4, 0.5) is 11.9 Å². The molecule has 0 fully saturated rings. The number of nitrogens with two attached hydrogens (primary N) is 1. The number of aromatic nitrogens is 4. The number of thioether (sulfide) groups is 1. The van der Waals surface area contributed by atoms with Crippen molar-refractivity contribution in [2.75, 3.05) is 24.7 Å². The van der Waals surface area contributed by atoms with Gasteiger partial charge in [-0.2, -0.15) is 15.0 Å². The van der Waals surface area contributed by atoms with E-state index in [4.69, 9.17) is 10.8 Å². The fourth-order valence-corrected chi connectivity index (χ4v) is 2.20. The van der Waals surface area contributed by atoms with E-state index in [-0.39, 0.29) is 11.5 Å². The van der Waals surface area contributed by atoms with Crippen molar-refractivity contribution in [1.82, 2.24) is 19.9 Å². The summed E-state index contributed by atoms with van der Waals surface area (Å²) in [4.78, 5) is 29.1. The van der Waals surface area contributed by atoms with Gasteiger partial charge in [-0.05, 0) is 12.1 Å². The number of carboxylic acids is 1. The number of aromatic carboxylic acids is 1. The number of pyridine rings is 1. The highest BCUT2D eigenvalue weighted by Gasteiger charge is 2.09. The highest BCUT2D eigenvalue weighted by molar-refractivity contribution is 7.98. The summed E-state index contributed by atoms with van der Waals surface area (Å²) in [6, 6.07) is 2.95. The number of rotatable bonds is 5. The van der Waals surface area contributed by atoms with E-state index in [1.54, 1.807) is 4.90 Å². The summed E-state index contributed by atoms with van der Waals surface area (Å²) in [5, 5.41) is 9.52. The number of anilines is 2. The molecule has 2 rings (SSSR count). The van der Waals surface area contributed by atoms with Crippen molar-refractivity contribution in [3.8, 4) is 0 Å². The lowest BCUT2D eigenvalue weighted by molar-refractivity contribution is 0.0696. The lowest BCUT2D eigenvalue weighted by atomic mass is 10.3. The minimum absolute atomic E-state index is 0.150. The third kappa shape index (κ3) is 4.02. The third-order valence-electron chi connectivity index (χ3n) is 2.42. The van der Waals surface area contributed by atoms with Crippen molar-refractivity contribution >= 4 is 29.6 Å². The lowest BCUT2D eigenvalue weighted by Crippen LogP contribution is -2.15. The number of nitrogens with zero attached hydrogens (tertiary/aromatic N) is 5. The maximum absolute atomic E-state index is 10.9. The normalized spacial score (nSPS) is 10.4. The molecule has 0 aliphatic heterocycles. The van der Waals surface area contributed by atoms with Gasteiger partial charge in [-0.25, -0.2) is 9.78 Å². The topological polar surface area (TPSA) is 118 Å². The maximum atomic E-state index is 10.9. The molecule has 0 radical (unpaired) electrons. The van der Waals surface area contributed by atoms with Crippen molar-refractivity contribution in [2.45, 2.75) is 10.8 Å². The van der Waals surface area contributed by atoms with Gasteiger partial charge in [0.05, 0.1) is 16.3 Å². The van der Waals surface area contributed by atoms with E-state index in [0.29, 0.717) is 22.6 Å². The summed E-state index contributed by atoms with van der Waals surface area (Å²) in [5.41, 5.74) is 5.83. The van der Waals surface area contributed by atoms with Gasteiger partial charge in [0, 0.05) is 20.3 Å². The highest BCUT2D eigenvalue weighted by Crippen LogP contribution is 2.20. The molecule has 0 unspecified atom stereocenters. The van der Waals surface area contributed by atoms with Gasteiger partial charge in [-0.15, -0.1) is 0 Å². The fraction of sp³-hybridized carbons (Fsp3) is 0.250. The van der Waals surface area contributed by atoms with Crippen LogP contribution < -0.4 is 10.6 Å². The molecule has 8 nitrogen and oxygen atoms in total. The third-order valence-corrected chi connectivity index (χ3v) is 3.34. The first-order valence-corrected chi connectivity index (χ1v) is 6.94. The van der Waals surface area contributed by atoms with Gasteiger partial charge in [-0.3, -0.25) is 0 Å². The molecule has 0 saturated carbocycles. The molecule has 0 spiro atoms. The maximum Gasteiger partial charge on any atom is 0.335 e. The predicted octanol–water partition coefficient (Wildman–Crippen LogP) is 0.905. The number of hydrogen-bond donors (Lipinski definition) is 2. The van der Waals surface area contributed by atoms with Crippen LogP contribution in [0.5, 0.6) is 0 Å². The summed E-state index contributed by atoms with van der Waals surface area (Å²) in [7, 11) is 3.62. The van der Waals surface area contributed by atoms with E-state index in [1.165, 1.54) is 30.1 Å². The first-order valence-electron chi connectivity index (χ1n) is 5.95. The SMILES string of the molecule is CN(C)c1nc(N)nc(CSc2cc(C(=O)O)ccn2)n1. The smallest absolute Gasteiger partial charge is 0.335 e. The Balaban J connectivity index is 2.13. The molecule has 0 aromatic carbocycles. The number of hydrogen-bond acceptors (Lipinski definition) is 8. The summed E-state index contributed by atoms with van der Waals surface area (Å²) >= 11 is 1.33. The van der Waals surface area contributed by atoms with Crippen LogP contribution in [0.3, 0.4) is 0 Å². The predicted molar refractivity (Wildman–Crippen MR) is 79.3 cm³/mol. The van der Waals surface area contributed by atoms with E-state index in [1.807, 2.05) is 14.1 Å². The Kier molecular flexibility index (Phi) is 4.53. The average Bonchev–Trinajstić information content (AvgIpc) is 2.45. The van der Waals surface area contributed by atoms with E-state index in [9.17, 15) is 4.79 Å². The Labute approximate surface area is 125 Å². The number of carbonyl (C=O) groups is 1. The Morgan fingerprint density at radius 2 is 2.14 bits per heavy atom. The van der Waals surface area contributed by atoms with Crippen molar-refractivity contribution in [1.29, 1.82) is 0 Å². The average molecular weight is 306 g/mol. The minimum atomic E-state index is -0.987. The van der Waals surface area contributed by atoms with Gasteiger partial charge in [0.15, 0.2) is 0 Å². The van der Waals surface area contributed by atoms with Crippen LogP contribution in [-0.2, 0) is 5.75 Å². The zero-order chi connectivity index (χ0) is 15.4. The van der Waals surface area contributed by atoms with Gasteiger partial charge in [-0.1, -0.05) is 11.8 Å². The van der Waals surface area contributed by atoms with E-state index in [2.05, 4.69) is 19.9 Å². The molecule has 0 saturated heterocycles. The van der Waals surface area contributed by atoms with Crippen molar-refractivity contribution in [3.05, 3.63) is 29.7 Å². The summed E-state index contributed by atoms with van der Waals surface area (Å²) in [6.45, 7) is 0. The van der Waals surface area contributed by atoms with Crippen molar-refractivity contribution in [2.24, 2.45) is 0 Å². The largest absolute Gasteiger partial charge is 0.478 e. The van der Waals surface area contributed by atoms with Crippen LogP contribution in [0.25, 0.3) is 0 Å². The van der Waals surface area contributed by atoms with Crippen LogP contribution >= 0.6 is 11.8 Å². The first-order chi connectivity index (χ1) is 9.95. The van der Waals surface area contributed by atoms with E-state index < -0.39 is 5.97 Å². The molecule has 0 atom stereocenters. The Bertz CT molecular complexity index is 664. The van der Waals surface area contributed by atoms with Crippen LogP contribution in [0.2, 0.25) is 0 Å². The monoisotopic (exact) mass is 306 g/mol. The highest BCUT2D eigenvalue weighted by atomic mass is 32.2. The summed E-state index contributed by atoms with van der Waals surface area (Å²) in [5.74, 6) is 0.572. The second-order valence-corrected chi connectivity index (χ2v) is 5.28. The van der Waals surface area contributed by atoms with Gasteiger partial charge >= 0.3 is 5.97 Å². The van der Waals surface area contributed by atoms with Gasteiger partial charge < -0.3 is 15.7 Å². The molecule has 0 bridgehead atoms. The first kappa shape index (κ1) is 15.0. The second-order valence-electron chi connectivity index (χ2n) is 4.28. The lowest BCUT2D eigenvalue weighted by Gasteiger charge is -2.11. The number of carboxylic acid groups (broad SMARTS) is 1. The van der Waals surface area contributed by atoms with Gasteiger partial charge in [0.1, 0.15) is 5.82 Å². The Morgan fingerprint density at radius 3 is 2.81 bits per heavy atom. The molecule has 2 aromatic heterocycles. The van der Waals surface area contributed by atoms with Crippen LogP contribution in [0.15, 0.2) is 23.4 Å². The van der Waals surface area contributed by atoms with Crippen molar-refractivity contribution < 1.29 is 9.90 Å². The standard InChI is InChI=1S/C12H14N6O2S/c1-18(2)12-16-8(15-11(13)17-12)6-21-9-5-7(10(19)20)3-4-14-9/h3-5H,6H2,1-2H3,(H,19,20)(H2,13,15,16,17). The van der Waals surface area contributed by atoms with Crippen LogP contribution in [0, 0.1) is 0 Å². The molecule has 21 heavy (non-hydrogen) atoms. The molecule has 0 aliphatic rings. The molecular formula is C12H14N6O2S. The van der Waals surface area contributed by atoms with Gasteiger partial charge in [0.2, 0.25) is 11.9 Å². The molecule has 2 heterocycles. The van der Waals surface area contributed by atoms with E-state index >= 15 is 0 Å². The Hall–Kier alpha value is -2.42. The quantitative estimate of drug-likeness (QED) is 0.777. The molecule has 0 amide bonds. The van der Waals surface area contributed by atoms with Gasteiger partial charge in [0.25, 0.3) is 0 Å². The molecular weight excluding hydrogens is 292 g/mol. The molecule has 3 N–H and O–H groups in total. The Morgan fingerprint density at radius 1 is 1.38 bits per heavy atom. The molecule has 2 aromatic rings. The van der Waals surface area contributed by atoms with Crippen molar-refractivity contribution in [3.63, 3.8) is 0 Å². The number of nitrogen functional groups attached to an aromatic ring is 1. The zero-order valence-electron chi connectivity index (χ0n) is 11.5. The fourth-order valence-electron chi connectivity index (χ4n) is 1.45. The zero-order valence-corrected chi connectivity index (χ0v) is 12.3. The van der Waals surface area contributed by atoms with Crippen LogP contribution in [-0.4, -0.2) is 45.1 Å². The molecule has 9 heteroatoms. The summed E-state index contributed by atoms with van der Waals surface area (Å²) in [6.07, 6.45) is 1.46. The van der Waals surface area contributed by atoms with Crippen LogP contribution in [0.1, 0.15) is 16.2 Å². The molecule has 110 valence electrons. The molecule has 0 aliphatic carbocycles. The summed E-state index contributed by atoms with van der Waals surface area (Å²) < 4.78 is 0. The second kappa shape index (κ2) is 6.35. The van der Waals surface area contributed by atoms with E-state index in [0.717, 1.165) is 0 Å².